The smallest absolute Gasteiger partial charge is 0.131 e. The first-order chi connectivity index (χ1) is 28.7. The Balaban J connectivity index is 1.10. The van der Waals surface area contributed by atoms with E-state index in [1.807, 2.05) is 12.3 Å². The standard InChI is InChI=1S/C53H39N5/c1-3-13-36(14-4-1)51-56-52(37-15-5-2-6-16-37)58-53(57-51)42-31-40(30-41(32-42)49-43-19-9-7-17-38(43)29-39-18-8-10-20-44(39)49)34-23-25-35(26-24-34)50-47-33-54-28-27-45(47)46-21-11-12-22-48(46)55-50/h1-32,51,53-54,57H,33H2,(H,56,58). The number of fused-ring (bicyclic) bond motifs is 5. The molecule has 2 unspecified atom stereocenters. The molecule has 11 rings (SSSR count). The summed E-state index contributed by atoms with van der Waals surface area (Å²) in [6.45, 7) is 0.740. The summed E-state index contributed by atoms with van der Waals surface area (Å²) >= 11 is 0. The Bertz CT molecular complexity index is 3010. The van der Waals surface area contributed by atoms with Crippen LogP contribution >= 0.6 is 0 Å². The van der Waals surface area contributed by atoms with Crippen molar-refractivity contribution in [2.45, 2.75) is 18.9 Å². The summed E-state index contributed by atoms with van der Waals surface area (Å²) in [7, 11) is 0. The van der Waals surface area contributed by atoms with Gasteiger partial charge in [0, 0.05) is 28.6 Å². The highest BCUT2D eigenvalue weighted by atomic mass is 15.3. The Hall–Kier alpha value is -7.34. The number of aliphatic imine (C=N–C) groups is 1. The molecule has 2 aliphatic heterocycles. The van der Waals surface area contributed by atoms with E-state index in [1.165, 1.54) is 43.6 Å². The molecule has 0 radical (unpaired) electrons. The molecule has 0 fully saturated rings. The summed E-state index contributed by atoms with van der Waals surface area (Å²) in [6, 6.07) is 65.1. The van der Waals surface area contributed by atoms with Crippen molar-refractivity contribution < 1.29 is 0 Å². The van der Waals surface area contributed by atoms with E-state index >= 15 is 0 Å². The third kappa shape index (κ3) is 6.10. The summed E-state index contributed by atoms with van der Waals surface area (Å²) in [4.78, 5) is 10.6. The third-order valence-electron chi connectivity index (χ3n) is 11.6. The van der Waals surface area contributed by atoms with E-state index < -0.39 is 0 Å². The van der Waals surface area contributed by atoms with Gasteiger partial charge in [-0.1, -0.05) is 152 Å². The molecule has 0 bridgehead atoms. The van der Waals surface area contributed by atoms with Gasteiger partial charge >= 0.3 is 0 Å². The van der Waals surface area contributed by atoms with Gasteiger partial charge in [-0.3, -0.25) is 5.32 Å². The average molecular weight is 746 g/mol. The number of para-hydroxylation sites is 1. The molecule has 2 atom stereocenters. The van der Waals surface area contributed by atoms with E-state index in [0.29, 0.717) is 0 Å². The second-order valence-corrected chi connectivity index (χ2v) is 15.1. The molecule has 5 nitrogen and oxygen atoms in total. The number of aromatic nitrogens is 1. The van der Waals surface area contributed by atoms with E-state index in [9.17, 15) is 0 Å². The number of pyridine rings is 1. The highest BCUT2D eigenvalue weighted by Crippen LogP contribution is 2.41. The maximum absolute atomic E-state index is 5.39. The predicted molar refractivity (Wildman–Crippen MR) is 240 cm³/mol. The molecule has 5 heteroatoms. The molecule has 58 heavy (non-hydrogen) atoms. The minimum atomic E-state index is -0.324. The van der Waals surface area contributed by atoms with Crippen molar-refractivity contribution in [3.05, 3.63) is 216 Å². The lowest BCUT2D eigenvalue weighted by molar-refractivity contribution is 0.409. The van der Waals surface area contributed by atoms with Crippen molar-refractivity contribution >= 4 is 44.4 Å². The number of hydrogen-bond acceptors (Lipinski definition) is 5. The van der Waals surface area contributed by atoms with Crippen LogP contribution in [0.4, 0.5) is 0 Å². The lowest BCUT2D eigenvalue weighted by Crippen LogP contribution is -2.44. The van der Waals surface area contributed by atoms with E-state index in [1.54, 1.807) is 0 Å². The van der Waals surface area contributed by atoms with Crippen molar-refractivity contribution in [3.8, 4) is 33.5 Å². The van der Waals surface area contributed by atoms with Gasteiger partial charge in [-0.15, -0.1) is 0 Å². The number of benzene rings is 8. The maximum Gasteiger partial charge on any atom is 0.131 e. The summed E-state index contributed by atoms with van der Waals surface area (Å²) < 4.78 is 0. The minimum Gasteiger partial charge on any atom is -0.387 e. The van der Waals surface area contributed by atoms with Gasteiger partial charge in [0.05, 0.1) is 11.2 Å². The van der Waals surface area contributed by atoms with Gasteiger partial charge in [0.25, 0.3) is 0 Å². The topological polar surface area (TPSA) is 61.3 Å². The van der Waals surface area contributed by atoms with Gasteiger partial charge in [0.2, 0.25) is 0 Å². The van der Waals surface area contributed by atoms with Crippen LogP contribution in [-0.4, -0.2) is 10.8 Å². The summed E-state index contributed by atoms with van der Waals surface area (Å²) in [5, 5.41) is 17.1. The Morgan fingerprint density at radius 1 is 0.500 bits per heavy atom. The van der Waals surface area contributed by atoms with Crippen molar-refractivity contribution in [2.24, 2.45) is 4.99 Å². The largest absolute Gasteiger partial charge is 0.387 e. The van der Waals surface area contributed by atoms with E-state index in [0.717, 1.165) is 62.5 Å². The molecule has 1 aromatic heterocycles. The van der Waals surface area contributed by atoms with Crippen LogP contribution in [0.1, 0.15) is 40.1 Å². The number of amidine groups is 1. The first-order valence-electron chi connectivity index (χ1n) is 19.9. The van der Waals surface area contributed by atoms with Gasteiger partial charge in [-0.25, -0.2) is 9.98 Å². The predicted octanol–water partition coefficient (Wildman–Crippen LogP) is 12.0. The van der Waals surface area contributed by atoms with E-state index in [2.05, 4.69) is 198 Å². The molecule has 9 aromatic rings. The molecule has 0 amide bonds. The summed E-state index contributed by atoms with van der Waals surface area (Å²) in [5.74, 6) is 0.862. The summed E-state index contributed by atoms with van der Waals surface area (Å²) in [5.41, 5.74) is 13.5. The fourth-order valence-corrected chi connectivity index (χ4v) is 8.74. The highest BCUT2D eigenvalue weighted by molar-refractivity contribution is 6.13. The molecule has 2 aliphatic rings. The van der Waals surface area contributed by atoms with Crippen LogP contribution < -0.4 is 16.0 Å². The normalized spacial score (nSPS) is 16.1. The molecule has 3 N–H and O–H groups in total. The molecule has 0 aliphatic carbocycles. The van der Waals surface area contributed by atoms with Crippen LogP contribution in [0, 0.1) is 0 Å². The first kappa shape index (κ1) is 34.0. The Morgan fingerprint density at radius 3 is 1.90 bits per heavy atom. The van der Waals surface area contributed by atoms with E-state index in [4.69, 9.17) is 9.98 Å². The monoisotopic (exact) mass is 745 g/mol. The molecule has 8 aromatic carbocycles. The van der Waals surface area contributed by atoms with Gasteiger partial charge in [-0.05, 0) is 103 Å². The molecule has 0 saturated heterocycles. The van der Waals surface area contributed by atoms with Crippen LogP contribution in [0.25, 0.3) is 72.0 Å². The highest BCUT2D eigenvalue weighted by Gasteiger charge is 2.27. The van der Waals surface area contributed by atoms with Gasteiger partial charge in [0.15, 0.2) is 0 Å². The molecule has 0 saturated carbocycles. The third-order valence-corrected chi connectivity index (χ3v) is 11.6. The van der Waals surface area contributed by atoms with Gasteiger partial charge in [0.1, 0.15) is 18.2 Å². The Morgan fingerprint density at radius 2 is 1.14 bits per heavy atom. The zero-order valence-corrected chi connectivity index (χ0v) is 31.7. The van der Waals surface area contributed by atoms with E-state index in [-0.39, 0.29) is 12.3 Å². The SMILES string of the molecule is C1=Cc2c(c(-c3ccc(-c4cc(-c5c6ccccc6cc6ccccc56)cc(C5N=C(c6ccccc6)NC(c6ccccc6)N5)c4)cc3)nc3ccccc23)CN1. The number of nitrogens with one attached hydrogen (secondary N) is 3. The van der Waals surface area contributed by atoms with Crippen LogP contribution in [-0.2, 0) is 6.54 Å². The fraction of sp³-hybridized carbons (Fsp3) is 0.0566. The minimum absolute atomic E-state index is 0.145. The first-order valence-corrected chi connectivity index (χ1v) is 19.9. The zero-order valence-electron chi connectivity index (χ0n) is 31.7. The van der Waals surface area contributed by atoms with Gasteiger partial charge < -0.3 is 10.6 Å². The number of rotatable bonds is 6. The fourth-order valence-electron chi connectivity index (χ4n) is 8.74. The summed E-state index contributed by atoms with van der Waals surface area (Å²) in [6.07, 6.45) is 3.74. The van der Waals surface area contributed by atoms with Crippen LogP contribution in [0.5, 0.6) is 0 Å². The second kappa shape index (κ2) is 14.3. The molecule has 276 valence electrons. The van der Waals surface area contributed by atoms with Crippen molar-refractivity contribution in [2.75, 3.05) is 0 Å². The number of hydrogen-bond donors (Lipinski definition) is 3. The Labute approximate surface area is 337 Å². The molecular weight excluding hydrogens is 707 g/mol. The zero-order chi connectivity index (χ0) is 38.4. The average Bonchev–Trinajstić information content (AvgIpc) is 3.31. The van der Waals surface area contributed by atoms with Crippen molar-refractivity contribution in [3.63, 3.8) is 0 Å². The Kier molecular flexibility index (Phi) is 8.37. The van der Waals surface area contributed by atoms with Gasteiger partial charge in [-0.2, -0.15) is 0 Å². The second-order valence-electron chi connectivity index (χ2n) is 15.1. The molecule has 0 spiro atoms. The molecule has 3 heterocycles. The maximum atomic E-state index is 5.39. The van der Waals surface area contributed by atoms with Crippen LogP contribution in [0.2, 0.25) is 0 Å². The van der Waals surface area contributed by atoms with Crippen molar-refractivity contribution in [1.82, 2.24) is 20.9 Å². The lowest BCUT2D eigenvalue weighted by atomic mass is 9.88. The van der Waals surface area contributed by atoms with Crippen LogP contribution in [0.15, 0.2) is 193 Å². The quantitative estimate of drug-likeness (QED) is 0.148. The van der Waals surface area contributed by atoms with Crippen molar-refractivity contribution in [1.29, 1.82) is 0 Å². The molecular formula is C53H39N5. The number of nitrogens with zero attached hydrogens (tertiary/aromatic N) is 2. The lowest BCUT2D eigenvalue weighted by Gasteiger charge is -2.32. The van der Waals surface area contributed by atoms with Crippen LogP contribution in [0.3, 0.4) is 0 Å².